The molecule has 0 saturated carbocycles. The summed E-state index contributed by atoms with van der Waals surface area (Å²) in [7, 11) is 0. The highest BCUT2D eigenvalue weighted by atomic mass is 16.7. The second-order valence-electron chi connectivity index (χ2n) is 16.3. The molecule has 2 aromatic carbocycles. The second kappa shape index (κ2) is 22.6. The number of nitrogens with two attached hydrogens (primary N) is 2. The number of carbonyl (C=O) groups excluding carboxylic acids is 8. The second-order valence-corrected chi connectivity index (χ2v) is 16.3. The van der Waals surface area contributed by atoms with E-state index in [0.29, 0.717) is 36.4 Å². The van der Waals surface area contributed by atoms with Crippen LogP contribution in [0, 0.1) is 11.8 Å². The number of phenols is 1. The summed E-state index contributed by atoms with van der Waals surface area (Å²) >= 11 is 0. The Labute approximate surface area is 355 Å². The molecule has 0 bridgehead atoms. The molecular formula is C43H60N8O10. The van der Waals surface area contributed by atoms with Crippen LogP contribution in [0.3, 0.4) is 0 Å². The van der Waals surface area contributed by atoms with Crippen LogP contribution in [-0.2, 0) is 56.0 Å². The van der Waals surface area contributed by atoms with Crippen molar-refractivity contribution in [1.29, 1.82) is 0 Å². The standard InChI is InChI=1S/C43H60N8O10/c1-25(2)22-33(43(60)61-51-35(53)18-19-36(51)54)48-38(55)31(12-8-20-44)46-41(58)37(26(3)4)49-39(56)32(24-28-14-16-29(52)17-15-28)47-40(57)34-13-9-21-50(34)42(59)30(45)23-27-10-6-5-7-11-27/h5-7,10-11,14-17,25-26,30-34,37,52H,8-9,12-13,18-24,44-45H2,1-4H3,(H,46,58)(H,47,57)(H,48,55)(H,49,56)/t30-,31+,32+,33+,34+,37+/m1/s1. The SMILES string of the molecule is CC(C)C[C@H](NC(=O)[C@H](CCCN)NC(=O)[C@@H](NC(=O)[C@H](Cc1ccc(O)cc1)NC(=O)[C@@H]1CCCN1C(=O)[C@H](N)Cc1ccccc1)C(C)C)C(=O)ON1C(=O)CCC1=O. The maximum absolute atomic E-state index is 14.2. The number of benzene rings is 2. The highest BCUT2D eigenvalue weighted by Gasteiger charge is 2.40. The molecule has 7 amide bonds. The number of amides is 7. The maximum atomic E-state index is 14.2. The molecule has 0 unspecified atom stereocenters. The lowest BCUT2D eigenvalue weighted by Gasteiger charge is -2.30. The fourth-order valence-electron chi connectivity index (χ4n) is 7.23. The Kier molecular flexibility index (Phi) is 17.7. The van der Waals surface area contributed by atoms with E-state index < -0.39 is 89.5 Å². The molecule has 0 radical (unpaired) electrons. The molecule has 2 aliphatic rings. The summed E-state index contributed by atoms with van der Waals surface area (Å²) in [6.45, 7) is 7.44. The van der Waals surface area contributed by atoms with Crippen LogP contribution in [0.15, 0.2) is 54.6 Å². The zero-order valence-corrected chi connectivity index (χ0v) is 35.3. The van der Waals surface area contributed by atoms with Crippen LogP contribution in [0.4, 0.5) is 0 Å². The quantitative estimate of drug-likeness (QED) is 0.0846. The number of nitrogens with one attached hydrogen (secondary N) is 4. The Morgan fingerprint density at radius 1 is 0.787 bits per heavy atom. The van der Waals surface area contributed by atoms with E-state index in [0.717, 1.165) is 5.56 Å². The predicted octanol–water partition coefficient (Wildman–Crippen LogP) is 0.483. The van der Waals surface area contributed by atoms with Gasteiger partial charge in [-0.25, -0.2) is 4.79 Å². The van der Waals surface area contributed by atoms with Crippen LogP contribution in [0.5, 0.6) is 5.75 Å². The van der Waals surface area contributed by atoms with Gasteiger partial charge in [-0.3, -0.25) is 33.6 Å². The van der Waals surface area contributed by atoms with Gasteiger partial charge in [0.15, 0.2) is 0 Å². The number of rotatable bonds is 21. The van der Waals surface area contributed by atoms with Crippen LogP contribution < -0.4 is 32.7 Å². The van der Waals surface area contributed by atoms with Crippen molar-refractivity contribution in [2.75, 3.05) is 13.1 Å². The number of hydrogen-bond acceptors (Lipinski definition) is 12. The lowest BCUT2D eigenvalue weighted by molar-refractivity contribution is -0.199. The molecule has 0 aromatic heterocycles. The summed E-state index contributed by atoms with van der Waals surface area (Å²) in [5.41, 5.74) is 13.5. The van der Waals surface area contributed by atoms with E-state index in [4.69, 9.17) is 16.3 Å². The van der Waals surface area contributed by atoms with Crippen molar-refractivity contribution in [2.24, 2.45) is 23.3 Å². The first kappa shape index (κ1) is 47.8. The number of hydroxylamine groups is 2. The fraction of sp³-hybridized carbons (Fsp3) is 0.535. The molecule has 2 heterocycles. The number of imide groups is 1. The van der Waals surface area contributed by atoms with Gasteiger partial charge in [0.25, 0.3) is 11.8 Å². The van der Waals surface area contributed by atoms with Crippen LogP contribution in [0.25, 0.3) is 0 Å². The third-order valence-electron chi connectivity index (χ3n) is 10.5. The monoisotopic (exact) mass is 848 g/mol. The molecule has 2 aliphatic heterocycles. The molecule has 6 atom stereocenters. The lowest BCUT2D eigenvalue weighted by atomic mass is 9.99. The molecule has 61 heavy (non-hydrogen) atoms. The van der Waals surface area contributed by atoms with Gasteiger partial charge in [0.05, 0.1) is 6.04 Å². The van der Waals surface area contributed by atoms with Gasteiger partial charge in [-0.1, -0.05) is 70.2 Å². The summed E-state index contributed by atoms with van der Waals surface area (Å²) in [4.78, 5) is 113. The molecule has 332 valence electrons. The van der Waals surface area contributed by atoms with E-state index in [9.17, 15) is 43.5 Å². The van der Waals surface area contributed by atoms with Gasteiger partial charge in [-0.15, -0.1) is 5.06 Å². The Morgan fingerprint density at radius 3 is 2.00 bits per heavy atom. The van der Waals surface area contributed by atoms with Crippen molar-refractivity contribution in [3.63, 3.8) is 0 Å². The molecule has 2 fully saturated rings. The number of hydrogen-bond donors (Lipinski definition) is 7. The summed E-state index contributed by atoms with van der Waals surface area (Å²) in [5.74, 6) is -6.22. The topological polar surface area (TPSA) is 273 Å². The van der Waals surface area contributed by atoms with Gasteiger partial charge in [0.2, 0.25) is 29.5 Å². The Hall–Kier alpha value is -5.88. The zero-order chi connectivity index (χ0) is 44.8. The van der Waals surface area contributed by atoms with Gasteiger partial charge in [-0.05, 0) is 80.2 Å². The highest BCUT2D eigenvalue weighted by molar-refractivity contribution is 6.02. The largest absolute Gasteiger partial charge is 0.508 e. The maximum Gasteiger partial charge on any atom is 0.355 e. The van der Waals surface area contributed by atoms with Crippen molar-refractivity contribution < 1.29 is 48.3 Å². The lowest BCUT2D eigenvalue weighted by Crippen LogP contribution is -2.60. The zero-order valence-electron chi connectivity index (χ0n) is 35.3. The van der Waals surface area contributed by atoms with Crippen LogP contribution in [0.1, 0.15) is 83.8 Å². The molecule has 9 N–H and O–H groups in total. The van der Waals surface area contributed by atoms with E-state index in [1.165, 1.54) is 17.0 Å². The summed E-state index contributed by atoms with van der Waals surface area (Å²) in [6, 6.07) is 8.58. The minimum absolute atomic E-state index is 0.00489. The first-order valence-electron chi connectivity index (χ1n) is 20.9. The van der Waals surface area contributed by atoms with Gasteiger partial charge < -0.3 is 47.6 Å². The average Bonchev–Trinajstić information content (AvgIpc) is 3.84. The summed E-state index contributed by atoms with van der Waals surface area (Å²) in [6.07, 6.45) is 1.35. The van der Waals surface area contributed by atoms with Crippen molar-refractivity contribution in [3.05, 3.63) is 65.7 Å². The molecular weight excluding hydrogens is 789 g/mol. The van der Waals surface area contributed by atoms with Gasteiger partial charge >= 0.3 is 5.97 Å². The Bertz CT molecular complexity index is 1860. The predicted molar refractivity (Wildman–Crippen MR) is 222 cm³/mol. The number of aromatic hydroxyl groups is 1. The molecule has 18 nitrogen and oxygen atoms in total. The smallest absolute Gasteiger partial charge is 0.355 e. The molecule has 0 spiro atoms. The minimum atomic E-state index is -1.28. The van der Waals surface area contributed by atoms with Gasteiger partial charge in [-0.2, -0.15) is 0 Å². The minimum Gasteiger partial charge on any atom is -0.508 e. The fourth-order valence-corrected chi connectivity index (χ4v) is 7.23. The number of carbonyl (C=O) groups is 8. The van der Waals surface area contributed by atoms with Crippen LogP contribution in [-0.4, -0.2) is 112 Å². The third kappa shape index (κ3) is 13.8. The van der Waals surface area contributed by atoms with Gasteiger partial charge in [0, 0.05) is 25.8 Å². The third-order valence-corrected chi connectivity index (χ3v) is 10.5. The van der Waals surface area contributed by atoms with Crippen molar-refractivity contribution in [3.8, 4) is 5.75 Å². The molecule has 0 aliphatic carbocycles. The summed E-state index contributed by atoms with van der Waals surface area (Å²) in [5, 5.41) is 21.1. The number of phenolic OH excluding ortho intramolecular Hbond substituents is 1. The number of likely N-dealkylation sites (tertiary alicyclic amines) is 1. The van der Waals surface area contributed by atoms with Crippen LogP contribution in [0.2, 0.25) is 0 Å². The number of nitrogens with zero attached hydrogens (tertiary/aromatic N) is 2. The molecule has 2 aromatic rings. The average molecular weight is 849 g/mol. The van der Waals surface area contributed by atoms with E-state index in [1.54, 1.807) is 39.8 Å². The van der Waals surface area contributed by atoms with E-state index in [-0.39, 0.29) is 56.7 Å². The first-order chi connectivity index (χ1) is 29.0. The summed E-state index contributed by atoms with van der Waals surface area (Å²) < 4.78 is 0. The molecule has 4 rings (SSSR count). The highest BCUT2D eigenvalue weighted by Crippen LogP contribution is 2.21. The van der Waals surface area contributed by atoms with E-state index in [2.05, 4.69) is 21.3 Å². The van der Waals surface area contributed by atoms with Crippen molar-refractivity contribution in [1.82, 2.24) is 31.2 Å². The van der Waals surface area contributed by atoms with Gasteiger partial charge in [0.1, 0.15) is 36.0 Å². The van der Waals surface area contributed by atoms with E-state index in [1.807, 2.05) is 30.3 Å². The Balaban J connectivity index is 1.50. The molecule has 18 heteroatoms. The first-order valence-corrected chi connectivity index (χ1v) is 20.9. The Morgan fingerprint density at radius 2 is 1.39 bits per heavy atom. The van der Waals surface area contributed by atoms with E-state index >= 15 is 0 Å². The van der Waals surface area contributed by atoms with Crippen molar-refractivity contribution >= 4 is 47.3 Å². The normalized spacial score (nSPS) is 17.7. The molecule has 2 saturated heterocycles. The van der Waals surface area contributed by atoms with Crippen LogP contribution >= 0.6 is 0 Å². The van der Waals surface area contributed by atoms with Crippen molar-refractivity contribution in [2.45, 2.75) is 122 Å².